The largest absolute Gasteiger partial charge is 0.368 e. The highest BCUT2D eigenvalue weighted by Crippen LogP contribution is 2.31. The number of hydrogen-bond acceptors (Lipinski definition) is 11. The van der Waals surface area contributed by atoms with Crippen molar-refractivity contribution in [2.75, 3.05) is 49.5 Å². The van der Waals surface area contributed by atoms with Gasteiger partial charge in [-0.25, -0.2) is 28.7 Å². The number of carbonyl (C=O) groups excluding carboxylic acids is 3. The molecule has 16 heteroatoms. The summed E-state index contributed by atoms with van der Waals surface area (Å²) in [6.07, 6.45) is 3.39. The standard InChI is InChI=1S/C40H43F2N11O3/c1-23(2)53-24(3)45-37-30(41)16-27(17-33(37)53)36-31(42)19-44-40(49-36)47-34-10-4-25(18-43-34)20-50-12-14-51(15-13-50)29-21-52(22-29)28-7-5-26(6-8-28)38(55)46-32-9-11-35(54)48-39(32)56/h4-8,10,16-19,23,29,32H,9,11-15,20-22H2,1-3H3,(H,46,55)(H,48,54,56)(H,43,44,47,49). The number of imidazole rings is 1. The van der Waals surface area contributed by atoms with Crippen LogP contribution in [0.25, 0.3) is 22.3 Å². The molecule has 3 N–H and O–H groups in total. The number of nitrogens with zero attached hydrogens (tertiary/aromatic N) is 8. The Bertz CT molecular complexity index is 2280. The molecule has 0 spiro atoms. The van der Waals surface area contributed by atoms with Crippen LogP contribution < -0.4 is 20.9 Å². The monoisotopic (exact) mass is 763 g/mol. The lowest BCUT2D eigenvalue weighted by molar-refractivity contribution is -0.134. The number of imide groups is 1. The number of anilines is 3. The Morgan fingerprint density at radius 2 is 1.71 bits per heavy atom. The molecule has 5 aromatic rings. The lowest BCUT2D eigenvalue weighted by Crippen LogP contribution is -2.63. The minimum absolute atomic E-state index is 0.0206. The number of rotatable bonds is 10. The van der Waals surface area contributed by atoms with Crippen LogP contribution in [0.5, 0.6) is 0 Å². The second-order valence-corrected chi connectivity index (χ2v) is 14.9. The Labute approximate surface area is 322 Å². The number of nitrogens with one attached hydrogen (secondary N) is 3. The van der Waals surface area contributed by atoms with E-state index in [0.717, 1.165) is 63.3 Å². The van der Waals surface area contributed by atoms with E-state index in [1.807, 2.05) is 55.8 Å². The summed E-state index contributed by atoms with van der Waals surface area (Å²) < 4.78 is 32.0. The fourth-order valence-electron chi connectivity index (χ4n) is 7.73. The normalized spacial score (nSPS) is 18.3. The number of halogens is 2. The maximum absolute atomic E-state index is 15.1. The number of fused-ring (bicyclic) bond motifs is 1. The first kappa shape index (κ1) is 37.1. The summed E-state index contributed by atoms with van der Waals surface area (Å²) in [5, 5.41) is 8.03. The van der Waals surface area contributed by atoms with E-state index in [-0.39, 0.29) is 41.4 Å². The van der Waals surface area contributed by atoms with Gasteiger partial charge in [0.15, 0.2) is 11.6 Å². The molecule has 3 amide bonds. The molecule has 3 aliphatic rings. The number of aryl methyl sites for hydroxylation is 1. The van der Waals surface area contributed by atoms with Crippen molar-refractivity contribution in [1.29, 1.82) is 0 Å². The molecule has 1 unspecified atom stereocenters. The van der Waals surface area contributed by atoms with Crippen molar-refractivity contribution in [3.8, 4) is 11.3 Å². The molecule has 3 aliphatic heterocycles. The summed E-state index contributed by atoms with van der Waals surface area (Å²) in [7, 11) is 0. The summed E-state index contributed by atoms with van der Waals surface area (Å²) in [6, 6.07) is 14.0. The van der Waals surface area contributed by atoms with E-state index in [9.17, 15) is 14.4 Å². The molecule has 2 aromatic carbocycles. The number of benzene rings is 2. The molecule has 8 rings (SSSR count). The van der Waals surface area contributed by atoms with Gasteiger partial charge in [-0.1, -0.05) is 6.07 Å². The zero-order chi connectivity index (χ0) is 39.1. The van der Waals surface area contributed by atoms with Gasteiger partial charge < -0.3 is 20.1 Å². The van der Waals surface area contributed by atoms with Crippen LogP contribution in [-0.2, 0) is 16.1 Å². The van der Waals surface area contributed by atoms with Gasteiger partial charge in [0.05, 0.1) is 11.7 Å². The fourth-order valence-corrected chi connectivity index (χ4v) is 7.73. The van der Waals surface area contributed by atoms with Gasteiger partial charge in [-0.05, 0) is 75.2 Å². The van der Waals surface area contributed by atoms with E-state index in [1.165, 1.54) is 6.07 Å². The van der Waals surface area contributed by atoms with Crippen LogP contribution in [-0.4, -0.2) is 103 Å². The minimum atomic E-state index is -0.703. The van der Waals surface area contributed by atoms with Crippen LogP contribution >= 0.6 is 0 Å². The number of piperazine rings is 1. The van der Waals surface area contributed by atoms with E-state index in [1.54, 1.807) is 18.2 Å². The molecule has 14 nitrogen and oxygen atoms in total. The van der Waals surface area contributed by atoms with Crippen molar-refractivity contribution in [2.24, 2.45) is 0 Å². The number of carbonyl (C=O) groups is 3. The second-order valence-electron chi connectivity index (χ2n) is 14.9. The van der Waals surface area contributed by atoms with E-state index in [4.69, 9.17) is 0 Å². The molecule has 6 heterocycles. The van der Waals surface area contributed by atoms with Crippen molar-refractivity contribution in [3.05, 3.63) is 89.5 Å². The maximum atomic E-state index is 15.1. The summed E-state index contributed by atoms with van der Waals surface area (Å²) in [4.78, 5) is 60.7. The van der Waals surface area contributed by atoms with Crippen molar-refractivity contribution in [2.45, 2.75) is 58.3 Å². The molecule has 290 valence electrons. The smallest absolute Gasteiger partial charge is 0.251 e. The number of amides is 3. The summed E-state index contributed by atoms with van der Waals surface area (Å²) in [5.41, 5.74) is 3.67. The van der Waals surface area contributed by atoms with Crippen LogP contribution in [0.1, 0.15) is 54.5 Å². The van der Waals surface area contributed by atoms with Crippen LogP contribution in [0.4, 0.5) is 26.2 Å². The van der Waals surface area contributed by atoms with Gasteiger partial charge >= 0.3 is 0 Å². The van der Waals surface area contributed by atoms with Crippen molar-refractivity contribution >= 4 is 46.2 Å². The molecule has 3 fully saturated rings. The van der Waals surface area contributed by atoms with Crippen LogP contribution in [0.2, 0.25) is 0 Å². The Morgan fingerprint density at radius 1 is 0.946 bits per heavy atom. The average molecular weight is 764 g/mol. The molecule has 3 saturated heterocycles. The van der Waals surface area contributed by atoms with Gasteiger partial charge in [0.1, 0.15) is 28.9 Å². The van der Waals surface area contributed by atoms with Gasteiger partial charge in [-0.3, -0.25) is 29.5 Å². The molecule has 3 aromatic heterocycles. The molecular weight excluding hydrogens is 721 g/mol. The zero-order valence-electron chi connectivity index (χ0n) is 31.4. The van der Waals surface area contributed by atoms with E-state index < -0.39 is 23.6 Å². The average Bonchev–Trinajstić information content (AvgIpc) is 3.51. The summed E-state index contributed by atoms with van der Waals surface area (Å²) >= 11 is 0. The number of hydrogen-bond donors (Lipinski definition) is 3. The summed E-state index contributed by atoms with van der Waals surface area (Å²) in [6.45, 7) is 12.2. The number of pyridine rings is 1. The third-order valence-corrected chi connectivity index (χ3v) is 10.8. The van der Waals surface area contributed by atoms with Crippen LogP contribution in [0.15, 0.2) is 60.9 Å². The van der Waals surface area contributed by atoms with Gasteiger partial charge in [0.2, 0.25) is 17.8 Å². The molecule has 0 radical (unpaired) electrons. The van der Waals surface area contributed by atoms with E-state index >= 15 is 8.78 Å². The third-order valence-electron chi connectivity index (χ3n) is 10.8. The first-order valence-electron chi connectivity index (χ1n) is 18.9. The molecule has 1 atom stereocenters. The molecular formula is C40H43F2N11O3. The van der Waals surface area contributed by atoms with Crippen LogP contribution in [0, 0.1) is 18.6 Å². The Kier molecular flexibility index (Phi) is 10.2. The molecule has 56 heavy (non-hydrogen) atoms. The Balaban J connectivity index is 0.806. The van der Waals surface area contributed by atoms with Gasteiger partial charge in [0.25, 0.3) is 5.91 Å². The number of piperidine rings is 1. The van der Waals surface area contributed by atoms with Gasteiger partial charge in [-0.2, -0.15) is 0 Å². The lowest BCUT2D eigenvalue weighted by atomic mass is 10.0. The molecule has 0 saturated carbocycles. The topological polar surface area (TPSA) is 154 Å². The van der Waals surface area contributed by atoms with Crippen molar-refractivity contribution in [1.82, 2.24) is 44.9 Å². The van der Waals surface area contributed by atoms with Crippen LogP contribution in [0.3, 0.4) is 0 Å². The highest BCUT2D eigenvalue weighted by molar-refractivity contribution is 6.03. The quantitative estimate of drug-likeness (QED) is 0.174. The third kappa shape index (κ3) is 7.66. The first-order chi connectivity index (χ1) is 27.0. The number of aromatic nitrogens is 5. The SMILES string of the molecule is Cc1nc2c(F)cc(-c3nc(Nc4ccc(CN5CCN(C6CN(c7ccc(C(=O)NC8CCC(=O)NC8=O)cc7)C6)CC5)cn4)ncc3F)cc2n1C(C)C. The van der Waals surface area contributed by atoms with Gasteiger partial charge in [-0.15, -0.1) is 0 Å². The molecule has 0 bridgehead atoms. The predicted molar refractivity (Wildman–Crippen MR) is 206 cm³/mol. The Morgan fingerprint density at radius 3 is 2.41 bits per heavy atom. The highest BCUT2D eigenvalue weighted by atomic mass is 19.1. The highest BCUT2D eigenvalue weighted by Gasteiger charge is 2.34. The van der Waals surface area contributed by atoms with Crippen molar-refractivity contribution < 1.29 is 23.2 Å². The van der Waals surface area contributed by atoms with E-state index in [2.05, 4.69) is 50.6 Å². The maximum Gasteiger partial charge on any atom is 0.251 e. The predicted octanol–water partition coefficient (Wildman–Crippen LogP) is 4.34. The second kappa shape index (κ2) is 15.3. The Hall–Kier alpha value is -5.87. The lowest BCUT2D eigenvalue weighted by Gasteiger charge is -2.49. The van der Waals surface area contributed by atoms with E-state index in [0.29, 0.717) is 40.7 Å². The zero-order valence-corrected chi connectivity index (χ0v) is 31.4. The first-order valence-corrected chi connectivity index (χ1v) is 18.9. The fraction of sp³-hybridized carbons (Fsp3) is 0.375. The van der Waals surface area contributed by atoms with Gasteiger partial charge in [0, 0.05) is 87.3 Å². The van der Waals surface area contributed by atoms with Crippen molar-refractivity contribution in [3.63, 3.8) is 0 Å². The summed E-state index contributed by atoms with van der Waals surface area (Å²) in [5.74, 6) is -0.994. The minimum Gasteiger partial charge on any atom is -0.368 e. The molecule has 0 aliphatic carbocycles.